The number of benzene rings is 2. The molecule has 2 nitrogen and oxygen atoms in total. The highest BCUT2D eigenvalue weighted by molar-refractivity contribution is 7.13. The summed E-state index contributed by atoms with van der Waals surface area (Å²) < 4.78 is 94.3. The number of thiophene rings is 2. The summed E-state index contributed by atoms with van der Waals surface area (Å²) in [4.78, 5) is 10.6. The number of aryl methyl sites for hydroxylation is 2. The zero-order valence-electron chi connectivity index (χ0n) is 26.7. The van der Waals surface area contributed by atoms with E-state index >= 15 is 26.3 Å². The second-order valence-corrected chi connectivity index (χ2v) is 14.6. The number of fused-ring (bicyclic) bond motifs is 2. The molecule has 0 N–H and O–H groups in total. The van der Waals surface area contributed by atoms with Crippen LogP contribution in [0.3, 0.4) is 0 Å². The molecule has 0 unspecified atom stereocenters. The standard InChI is InChI=1S/C39H28F6N2S2/c1-21-31(19-17-27-15-13-25-9-5-7-11-29(25)46-27)48-23(3)33(21)35-36(38(42,43)39(44,45)37(35,40)41)34-22(2)32(49-24(34)4)20-18-28-16-14-26-10-6-8-12-30(26)47-28/h5-20H,1-4H3. The first-order valence-electron chi connectivity index (χ1n) is 15.4. The van der Waals surface area contributed by atoms with Crippen LogP contribution in [-0.4, -0.2) is 27.7 Å². The number of nitrogens with zero attached hydrogens (tertiary/aromatic N) is 2. The number of para-hydroxylation sites is 2. The lowest BCUT2D eigenvalue weighted by Crippen LogP contribution is -2.49. The quantitative estimate of drug-likeness (QED) is 0.162. The van der Waals surface area contributed by atoms with Crippen LogP contribution < -0.4 is 0 Å². The van der Waals surface area contributed by atoms with Crippen molar-refractivity contribution in [3.63, 3.8) is 0 Å². The number of aromatic nitrogens is 2. The minimum Gasteiger partial charge on any atom is -0.248 e. The fraction of sp³-hybridized carbons (Fsp3) is 0.179. The maximum Gasteiger partial charge on any atom is 0.380 e. The van der Waals surface area contributed by atoms with Gasteiger partial charge in [-0.2, -0.15) is 26.3 Å². The lowest BCUT2D eigenvalue weighted by atomic mass is 9.90. The molecule has 0 radical (unpaired) electrons. The first kappa shape index (κ1) is 33.0. The topological polar surface area (TPSA) is 25.8 Å². The molecule has 10 heteroatoms. The smallest absolute Gasteiger partial charge is 0.248 e. The Morgan fingerprint density at radius 2 is 0.898 bits per heavy atom. The Morgan fingerprint density at radius 3 is 1.31 bits per heavy atom. The molecular weight excluding hydrogens is 675 g/mol. The van der Waals surface area contributed by atoms with Gasteiger partial charge in [0, 0.05) is 52.6 Å². The number of hydrogen-bond acceptors (Lipinski definition) is 4. The van der Waals surface area contributed by atoms with Gasteiger partial charge >= 0.3 is 17.8 Å². The number of halogens is 6. The average molecular weight is 703 g/mol. The van der Waals surface area contributed by atoms with Crippen LogP contribution in [0.1, 0.15) is 53.2 Å². The molecule has 4 heterocycles. The summed E-state index contributed by atoms with van der Waals surface area (Å²) in [6, 6.07) is 22.5. The van der Waals surface area contributed by atoms with E-state index in [-0.39, 0.29) is 32.0 Å². The van der Waals surface area contributed by atoms with Gasteiger partial charge in [0.05, 0.1) is 22.4 Å². The molecule has 248 valence electrons. The molecule has 7 rings (SSSR count). The summed E-state index contributed by atoms with van der Waals surface area (Å²) in [5.41, 5.74) is -0.0666. The molecule has 1 aliphatic rings. The number of rotatable bonds is 6. The summed E-state index contributed by atoms with van der Waals surface area (Å²) in [6.07, 6.45) is 6.69. The molecule has 0 saturated carbocycles. The number of pyridine rings is 2. The van der Waals surface area contributed by atoms with Crippen molar-refractivity contribution >= 4 is 79.9 Å². The zero-order chi connectivity index (χ0) is 34.9. The molecule has 0 spiro atoms. The molecule has 0 fully saturated rings. The Labute approximate surface area is 286 Å². The minimum atomic E-state index is -5.65. The summed E-state index contributed by atoms with van der Waals surface area (Å²) in [6.45, 7) is 5.98. The van der Waals surface area contributed by atoms with Crippen molar-refractivity contribution in [3.05, 3.63) is 126 Å². The zero-order valence-corrected chi connectivity index (χ0v) is 28.3. The van der Waals surface area contributed by atoms with Gasteiger partial charge in [0.1, 0.15) is 0 Å². The minimum absolute atomic E-state index is 0.216. The highest BCUT2D eigenvalue weighted by Gasteiger charge is 2.80. The Bertz CT molecular complexity index is 2210. The van der Waals surface area contributed by atoms with E-state index in [1.165, 1.54) is 27.7 Å². The van der Waals surface area contributed by atoms with Gasteiger partial charge in [0.2, 0.25) is 0 Å². The molecule has 1 aliphatic carbocycles. The Balaban J connectivity index is 1.35. The lowest BCUT2D eigenvalue weighted by molar-refractivity contribution is -0.254. The third-order valence-corrected chi connectivity index (χ3v) is 11.3. The molecule has 0 bridgehead atoms. The van der Waals surface area contributed by atoms with Crippen molar-refractivity contribution < 1.29 is 26.3 Å². The van der Waals surface area contributed by atoms with Gasteiger partial charge in [0.15, 0.2) is 0 Å². The van der Waals surface area contributed by atoms with E-state index < -0.39 is 28.9 Å². The fourth-order valence-corrected chi connectivity index (χ4v) is 8.62. The second-order valence-electron chi connectivity index (χ2n) is 12.0. The second kappa shape index (κ2) is 11.8. The Kier molecular flexibility index (Phi) is 7.95. The molecule has 6 aromatic rings. The van der Waals surface area contributed by atoms with Crippen LogP contribution >= 0.6 is 22.7 Å². The third-order valence-electron chi connectivity index (χ3n) is 8.94. The van der Waals surface area contributed by atoms with Gasteiger partial charge < -0.3 is 0 Å². The van der Waals surface area contributed by atoms with Gasteiger partial charge in [-0.05, 0) is 87.4 Å². The van der Waals surface area contributed by atoms with E-state index in [2.05, 4.69) is 9.97 Å². The first-order chi connectivity index (χ1) is 23.2. The maximum atomic E-state index is 15.9. The van der Waals surface area contributed by atoms with Crippen molar-refractivity contribution in [2.75, 3.05) is 0 Å². The van der Waals surface area contributed by atoms with Crippen LogP contribution in [0, 0.1) is 27.7 Å². The maximum absolute atomic E-state index is 15.9. The number of allylic oxidation sites excluding steroid dienone is 2. The fourth-order valence-electron chi connectivity index (χ4n) is 6.47. The van der Waals surface area contributed by atoms with E-state index in [1.807, 2.05) is 60.7 Å². The van der Waals surface area contributed by atoms with Crippen molar-refractivity contribution in [2.45, 2.75) is 45.5 Å². The van der Waals surface area contributed by atoms with Crippen LogP contribution in [0.15, 0.2) is 72.8 Å². The predicted molar refractivity (Wildman–Crippen MR) is 191 cm³/mol. The summed E-state index contributed by atoms with van der Waals surface area (Å²) in [5.74, 6) is -15.9. The summed E-state index contributed by atoms with van der Waals surface area (Å²) in [7, 11) is 0. The van der Waals surface area contributed by atoms with Crippen molar-refractivity contribution in [1.29, 1.82) is 0 Å². The van der Waals surface area contributed by atoms with Crippen LogP contribution in [0.2, 0.25) is 0 Å². The molecule has 4 aromatic heterocycles. The van der Waals surface area contributed by atoms with E-state index in [0.29, 0.717) is 21.1 Å². The van der Waals surface area contributed by atoms with E-state index in [4.69, 9.17) is 0 Å². The van der Waals surface area contributed by atoms with E-state index in [9.17, 15) is 0 Å². The van der Waals surface area contributed by atoms with Crippen LogP contribution in [0.4, 0.5) is 26.3 Å². The lowest BCUT2D eigenvalue weighted by Gasteiger charge is -2.26. The summed E-state index contributed by atoms with van der Waals surface area (Å²) in [5, 5.41) is 1.88. The Morgan fingerprint density at radius 1 is 0.510 bits per heavy atom. The first-order valence-corrected chi connectivity index (χ1v) is 17.0. The molecule has 0 amide bonds. The van der Waals surface area contributed by atoms with Crippen LogP contribution in [0.5, 0.6) is 0 Å². The molecule has 0 aliphatic heterocycles. The van der Waals surface area contributed by atoms with Crippen LogP contribution in [0.25, 0.3) is 57.3 Å². The average Bonchev–Trinajstić information content (AvgIpc) is 3.55. The molecule has 49 heavy (non-hydrogen) atoms. The largest absolute Gasteiger partial charge is 0.380 e. The van der Waals surface area contributed by atoms with Crippen molar-refractivity contribution in [1.82, 2.24) is 9.97 Å². The molecule has 0 atom stereocenters. The number of alkyl halides is 6. The Hall–Kier alpha value is -4.54. The molecular formula is C39H28F6N2S2. The van der Waals surface area contributed by atoms with Gasteiger partial charge in [-0.15, -0.1) is 22.7 Å². The highest BCUT2D eigenvalue weighted by Crippen LogP contribution is 2.66. The van der Waals surface area contributed by atoms with Crippen molar-refractivity contribution in [3.8, 4) is 0 Å². The summed E-state index contributed by atoms with van der Waals surface area (Å²) >= 11 is 2.16. The van der Waals surface area contributed by atoms with E-state index in [1.54, 1.807) is 36.4 Å². The van der Waals surface area contributed by atoms with Gasteiger partial charge in [-0.25, -0.2) is 9.97 Å². The normalized spacial score (nSPS) is 17.0. The van der Waals surface area contributed by atoms with E-state index in [0.717, 1.165) is 44.5 Å². The molecule has 0 saturated heterocycles. The highest BCUT2D eigenvalue weighted by atomic mass is 32.1. The predicted octanol–water partition coefficient (Wildman–Crippen LogP) is 12.3. The van der Waals surface area contributed by atoms with Gasteiger partial charge in [0.25, 0.3) is 0 Å². The van der Waals surface area contributed by atoms with Gasteiger partial charge in [-0.3, -0.25) is 0 Å². The third kappa shape index (κ3) is 5.23. The molecule has 2 aromatic carbocycles. The SMILES string of the molecule is Cc1sc(C=Cc2ccc3ccccc3n2)c(C)c1C1=C(c2c(C)sc(C=Cc3ccc4ccccc4n3)c2C)C(F)(F)C(F)(F)C1(F)F. The van der Waals surface area contributed by atoms with Crippen LogP contribution in [-0.2, 0) is 0 Å². The monoisotopic (exact) mass is 702 g/mol. The van der Waals surface area contributed by atoms with Crippen molar-refractivity contribution in [2.24, 2.45) is 0 Å². The van der Waals surface area contributed by atoms with Gasteiger partial charge in [-0.1, -0.05) is 48.5 Å². The number of hydrogen-bond donors (Lipinski definition) is 0.